The van der Waals surface area contributed by atoms with Crippen molar-refractivity contribution >= 4 is 11.6 Å². The van der Waals surface area contributed by atoms with Gasteiger partial charge < -0.3 is 10.2 Å². The van der Waals surface area contributed by atoms with Gasteiger partial charge in [0.2, 0.25) is 5.91 Å². The third-order valence-corrected chi connectivity index (χ3v) is 4.68. The summed E-state index contributed by atoms with van der Waals surface area (Å²) in [5, 5.41) is 3.40. The summed E-state index contributed by atoms with van der Waals surface area (Å²) in [6, 6.07) is 8.25. The van der Waals surface area contributed by atoms with Crippen molar-refractivity contribution in [1.82, 2.24) is 4.90 Å². The molecule has 1 N–H and O–H groups in total. The third-order valence-electron chi connectivity index (χ3n) is 4.68. The second kappa shape index (κ2) is 5.86. The summed E-state index contributed by atoms with van der Waals surface area (Å²) >= 11 is 0. The molecule has 2 heterocycles. The van der Waals surface area contributed by atoms with Crippen LogP contribution in [0.5, 0.6) is 0 Å². The van der Waals surface area contributed by atoms with Gasteiger partial charge in [0.1, 0.15) is 0 Å². The van der Waals surface area contributed by atoms with Crippen molar-refractivity contribution in [2.75, 3.05) is 25.0 Å². The van der Waals surface area contributed by atoms with E-state index in [1.54, 1.807) is 0 Å². The van der Waals surface area contributed by atoms with E-state index in [2.05, 4.69) is 29.3 Å². The van der Waals surface area contributed by atoms with Crippen molar-refractivity contribution in [3.05, 3.63) is 29.8 Å². The Bertz CT molecular complexity index is 486. The maximum atomic E-state index is 12.8. The summed E-state index contributed by atoms with van der Waals surface area (Å²) < 4.78 is 0. The normalized spacial score (nSPS) is 25.1. The van der Waals surface area contributed by atoms with Crippen molar-refractivity contribution < 1.29 is 4.79 Å². The zero-order valence-corrected chi connectivity index (χ0v) is 12.3. The molecular weight excluding hydrogens is 248 g/mol. The molecule has 2 aliphatic heterocycles. The van der Waals surface area contributed by atoms with Crippen molar-refractivity contribution in [2.45, 2.75) is 38.5 Å². The number of benzene rings is 1. The number of nitrogens with one attached hydrogen (secondary N) is 1. The van der Waals surface area contributed by atoms with Gasteiger partial charge in [0.05, 0.1) is 5.92 Å². The van der Waals surface area contributed by atoms with Crippen LogP contribution in [-0.2, 0) is 4.79 Å². The number of carbonyl (C=O) groups excluding carboxylic acids is 1. The fourth-order valence-electron chi connectivity index (χ4n) is 3.62. The van der Waals surface area contributed by atoms with E-state index in [1.165, 1.54) is 24.8 Å². The number of nitrogens with zero attached hydrogens (tertiary/aromatic N) is 1. The highest BCUT2D eigenvalue weighted by atomic mass is 16.2. The maximum Gasteiger partial charge on any atom is 0.230 e. The van der Waals surface area contributed by atoms with E-state index in [4.69, 9.17) is 0 Å². The number of hydrogen-bond donors (Lipinski definition) is 1. The van der Waals surface area contributed by atoms with Crippen LogP contribution in [0.2, 0.25) is 0 Å². The molecule has 2 unspecified atom stereocenters. The van der Waals surface area contributed by atoms with Gasteiger partial charge in [0.25, 0.3) is 0 Å². The van der Waals surface area contributed by atoms with Crippen LogP contribution in [0.15, 0.2) is 24.3 Å². The molecule has 20 heavy (non-hydrogen) atoms. The van der Waals surface area contributed by atoms with Crippen LogP contribution in [0, 0.1) is 5.92 Å². The van der Waals surface area contributed by atoms with E-state index in [0.717, 1.165) is 37.7 Å². The molecule has 0 saturated carbocycles. The highest BCUT2D eigenvalue weighted by molar-refractivity contribution is 5.86. The first-order valence-electron chi connectivity index (χ1n) is 7.91. The first-order valence-corrected chi connectivity index (χ1v) is 7.91. The SMILES string of the molecule is CCCC1CCN(C(=O)C2CCNc3ccccc32)C1. The summed E-state index contributed by atoms with van der Waals surface area (Å²) in [6.45, 7) is 5.06. The standard InChI is InChI=1S/C17H24N2O/c1-2-5-13-9-11-19(12-13)17(20)15-8-10-18-16-7-4-3-6-14(15)16/h3-4,6-7,13,15,18H,2,5,8-12H2,1H3. The van der Waals surface area contributed by atoms with Crippen LogP contribution >= 0.6 is 0 Å². The summed E-state index contributed by atoms with van der Waals surface area (Å²) in [5.74, 6) is 1.13. The Morgan fingerprint density at radius 2 is 2.20 bits per heavy atom. The van der Waals surface area contributed by atoms with Gasteiger partial charge in [0.15, 0.2) is 0 Å². The van der Waals surface area contributed by atoms with Crippen LogP contribution in [-0.4, -0.2) is 30.4 Å². The van der Waals surface area contributed by atoms with Crippen molar-refractivity contribution in [2.24, 2.45) is 5.92 Å². The van der Waals surface area contributed by atoms with Crippen molar-refractivity contribution in [3.63, 3.8) is 0 Å². The molecule has 108 valence electrons. The zero-order valence-electron chi connectivity index (χ0n) is 12.3. The number of likely N-dealkylation sites (tertiary alicyclic amines) is 1. The molecular formula is C17H24N2O. The third kappa shape index (κ3) is 2.54. The molecule has 3 nitrogen and oxygen atoms in total. The van der Waals surface area contributed by atoms with E-state index < -0.39 is 0 Å². The molecule has 1 amide bonds. The molecule has 0 radical (unpaired) electrons. The second-order valence-corrected chi connectivity index (χ2v) is 6.08. The van der Waals surface area contributed by atoms with Crippen LogP contribution in [0.25, 0.3) is 0 Å². The van der Waals surface area contributed by atoms with Gasteiger partial charge in [-0.05, 0) is 36.8 Å². The smallest absolute Gasteiger partial charge is 0.230 e. The van der Waals surface area contributed by atoms with E-state index in [0.29, 0.717) is 5.91 Å². The molecule has 1 aromatic rings. The fraction of sp³-hybridized carbons (Fsp3) is 0.588. The predicted molar refractivity (Wildman–Crippen MR) is 81.9 cm³/mol. The Morgan fingerprint density at radius 3 is 3.05 bits per heavy atom. The van der Waals surface area contributed by atoms with Gasteiger partial charge in [-0.1, -0.05) is 31.5 Å². The molecule has 3 heteroatoms. The second-order valence-electron chi connectivity index (χ2n) is 6.08. The summed E-state index contributed by atoms with van der Waals surface area (Å²) in [4.78, 5) is 14.9. The number of rotatable bonds is 3. The van der Waals surface area contributed by atoms with Gasteiger partial charge in [0, 0.05) is 25.3 Å². The van der Waals surface area contributed by atoms with E-state index in [-0.39, 0.29) is 5.92 Å². The highest BCUT2D eigenvalue weighted by Gasteiger charge is 2.33. The van der Waals surface area contributed by atoms with E-state index in [9.17, 15) is 4.79 Å². The minimum Gasteiger partial charge on any atom is -0.385 e. The lowest BCUT2D eigenvalue weighted by Gasteiger charge is -2.29. The molecule has 1 saturated heterocycles. The number of fused-ring (bicyclic) bond motifs is 1. The van der Waals surface area contributed by atoms with Crippen LogP contribution < -0.4 is 5.32 Å². The van der Waals surface area contributed by atoms with Crippen LogP contribution in [0.3, 0.4) is 0 Å². The van der Waals surface area contributed by atoms with Crippen molar-refractivity contribution in [1.29, 1.82) is 0 Å². The molecule has 0 aliphatic carbocycles. The quantitative estimate of drug-likeness (QED) is 0.916. The minimum absolute atomic E-state index is 0.0628. The average molecular weight is 272 g/mol. The monoisotopic (exact) mass is 272 g/mol. The fourth-order valence-corrected chi connectivity index (χ4v) is 3.62. The Morgan fingerprint density at radius 1 is 1.35 bits per heavy atom. The molecule has 0 spiro atoms. The molecule has 2 atom stereocenters. The largest absolute Gasteiger partial charge is 0.385 e. The summed E-state index contributed by atoms with van der Waals surface area (Å²) in [7, 11) is 0. The number of carbonyl (C=O) groups is 1. The molecule has 0 aromatic heterocycles. The van der Waals surface area contributed by atoms with E-state index >= 15 is 0 Å². The zero-order chi connectivity index (χ0) is 13.9. The lowest BCUT2D eigenvalue weighted by molar-refractivity contribution is -0.132. The molecule has 0 bridgehead atoms. The average Bonchev–Trinajstić information content (AvgIpc) is 2.95. The topological polar surface area (TPSA) is 32.3 Å². The number of amides is 1. The van der Waals surface area contributed by atoms with Gasteiger partial charge in [-0.15, -0.1) is 0 Å². The molecule has 1 fully saturated rings. The van der Waals surface area contributed by atoms with Crippen molar-refractivity contribution in [3.8, 4) is 0 Å². The Labute approximate surface area is 121 Å². The Hall–Kier alpha value is -1.51. The molecule has 3 rings (SSSR count). The molecule has 1 aromatic carbocycles. The predicted octanol–water partition coefficient (Wildman–Crippen LogP) is 3.23. The van der Waals surface area contributed by atoms with Gasteiger partial charge in [-0.3, -0.25) is 4.79 Å². The number of anilines is 1. The number of para-hydroxylation sites is 1. The van der Waals surface area contributed by atoms with Gasteiger partial charge in [-0.2, -0.15) is 0 Å². The number of hydrogen-bond acceptors (Lipinski definition) is 2. The lowest BCUT2D eigenvalue weighted by Crippen LogP contribution is -2.36. The summed E-state index contributed by atoms with van der Waals surface area (Å²) in [5.41, 5.74) is 2.32. The summed E-state index contributed by atoms with van der Waals surface area (Å²) in [6.07, 6.45) is 4.59. The first kappa shape index (κ1) is 13.5. The molecule has 2 aliphatic rings. The van der Waals surface area contributed by atoms with Gasteiger partial charge in [-0.25, -0.2) is 0 Å². The minimum atomic E-state index is 0.0628. The lowest BCUT2D eigenvalue weighted by atomic mass is 9.90. The Kier molecular flexibility index (Phi) is 3.95. The maximum absolute atomic E-state index is 12.8. The Balaban J connectivity index is 1.73. The van der Waals surface area contributed by atoms with Crippen LogP contribution in [0.1, 0.15) is 44.1 Å². The van der Waals surface area contributed by atoms with Crippen LogP contribution in [0.4, 0.5) is 5.69 Å². The van der Waals surface area contributed by atoms with Gasteiger partial charge >= 0.3 is 0 Å². The highest BCUT2D eigenvalue weighted by Crippen LogP contribution is 2.34. The van der Waals surface area contributed by atoms with E-state index in [1.807, 2.05) is 12.1 Å². The first-order chi connectivity index (χ1) is 9.79.